The fourth-order valence-corrected chi connectivity index (χ4v) is 2.11. The van der Waals surface area contributed by atoms with Crippen molar-refractivity contribution in [1.29, 1.82) is 10.5 Å². The van der Waals surface area contributed by atoms with Gasteiger partial charge >= 0.3 is 0 Å². The van der Waals surface area contributed by atoms with Crippen LogP contribution in [-0.4, -0.2) is 5.91 Å². The molecule has 0 radical (unpaired) electrons. The number of anilines is 1. The summed E-state index contributed by atoms with van der Waals surface area (Å²) in [4.78, 5) is 12.1. The Bertz CT molecular complexity index is 600. The Labute approximate surface area is 112 Å². The zero-order valence-electron chi connectivity index (χ0n) is 10.4. The van der Waals surface area contributed by atoms with E-state index in [9.17, 15) is 4.79 Å². The molecule has 0 spiro atoms. The molecule has 0 atom stereocenters. The third-order valence-corrected chi connectivity index (χ3v) is 3.15. The molecule has 0 bridgehead atoms. The first kappa shape index (κ1) is 12.9. The van der Waals surface area contributed by atoms with Crippen molar-refractivity contribution in [3.05, 3.63) is 41.0 Å². The molecule has 0 aliphatic heterocycles. The summed E-state index contributed by atoms with van der Waals surface area (Å²) in [7, 11) is 0. The highest BCUT2D eigenvalue weighted by molar-refractivity contribution is 6.04. The molecule has 1 aliphatic rings. The van der Waals surface area contributed by atoms with Gasteiger partial charge in [-0.25, -0.2) is 0 Å². The number of hydrogen-bond donors (Lipinski definition) is 1. The molecule has 0 aromatic heterocycles. The summed E-state index contributed by atoms with van der Waals surface area (Å²) in [6, 6.07) is 10.8. The minimum absolute atomic E-state index is 0.207. The summed E-state index contributed by atoms with van der Waals surface area (Å²) >= 11 is 0. The van der Waals surface area contributed by atoms with E-state index in [0.717, 1.165) is 12.8 Å². The lowest BCUT2D eigenvalue weighted by atomic mass is 9.92. The highest BCUT2D eigenvalue weighted by atomic mass is 16.1. The van der Waals surface area contributed by atoms with Gasteiger partial charge in [0.05, 0.1) is 17.7 Å². The number of nitriles is 2. The highest BCUT2D eigenvalue weighted by Crippen LogP contribution is 2.25. The van der Waals surface area contributed by atoms with Gasteiger partial charge in [-0.15, -0.1) is 0 Å². The lowest BCUT2D eigenvalue weighted by molar-refractivity contribution is -0.113. The second-order valence-electron chi connectivity index (χ2n) is 4.42. The molecular formula is C15H13N3O. The average molecular weight is 251 g/mol. The van der Waals surface area contributed by atoms with Crippen LogP contribution in [0.2, 0.25) is 0 Å². The number of carbonyl (C=O) groups is 1. The summed E-state index contributed by atoms with van der Waals surface area (Å²) in [5.41, 5.74) is 2.38. The highest BCUT2D eigenvalue weighted by Gasteiger charge is 2.18. The van der Waals surface area contributed by atoms with Crippen LogP contribution in [0.15, 0.2) is 35.4 Å². The Morgan fingerprint density at radius 2 is 1.74 bits per heavy atom. The lowest BCUT2D eigenvalue weighted by Crippen LogP contribution is -2.18. The van der Waals surface area contributed by atoms with Crippen LogP contribution in [0.5, 0.6) is 0 Å². The van der Waals surface area contributed by atoms with E-state index in [-0.39, 0.29) is 5.91 Å². The first-order valence-corrected chi connectivity index (χ1v) is 6.18. The molecule has 94 valence electrons. The van der Waals surface area contributed by atoms with Crippen molar-refractivity contribution in [3.8, 4) is 12.1 Å². The van der Waals surface area contributed by atoms with Gasteiger partial charge in [-0.3, -0.25) is 4.79 Å². The van der Waals surface area contributed by atoms with Crippen LogP contribution in [0.3, 0.4) is 0 Å². The van der Waals surface area contributed by atoms with Gasteiger partial charge in [0.15, 0.2) is 0 Å². The molecule has 4 nitrogen and oxygen atoms in total. The fourth-order valence-electron chi connectivity index (χ4n) is 2.11. The predicted octanol–water partition coefficient (Wildman–Crippen LogP) is 2.89. The molecular weight excluding hydrogens is 238 g/mol. The van der Waals surface area contributed by atoms with Crippen molar-refractivity contribution in [2.24, 2.45) is 0 Å². The minimum atomic E-state index is -0.207. The molecule has 1 aromatic rings. The molecule has 1 amide bonds. The van der Waals surface area contributed by atoms with Crippen LogP contribution in [-0.2, 0) is 4.79 Å². The maximum absolute atomic E-state index is 12.1. The maximum atomic E-state index is 12.1. The van der Waals surface area contributed by atoms with Gasteiger partial charge < -0.3 is 5.32 Å². The van der Waals surface area contributed by atoms with Crippen molar-refractivity contribution >= 4 is 11.6 Å². The van der Waals surface area contributed by atoms with Gasteiger partial charge in [0.1, 0.15) is 0 Å². The van der Waals surface area contributed by atoms with Crippen LogP contribution in [0.4, 0.5) is 5.69 Å². The van der Waals surface area contributed by atoms with E-state index in [1.807, 2.05) is 6.07 Å². The van der Waals surface area contributed by atoms with Gasteiger partial charge in [-0.05, 0) is 49.9 Å². The van der Waals surface area contributed by atoms with Crippen LogP contribution < -0.4 is 5.32 Å². The Morgan fingerprint density at radius 1 is 1.05 bits per heavy atom. The summed E-state index contributed by atoms with van der Waals surface area (Å²) in [6.45, 7) is 0. The van der Waals surface area contributed by atoms with Gasteiger partial charge in [0.2, 0.25) is 0 Å². The third-order valence-electron chi connectivity index (χ3n) is 3.15. The van der Waals surface area contributed by atoms with Crippen LogP contribution >= 0.6 is 0 Å². The third kappa shape index (κ3) is 3.00. The molecule has 1 aromatic carbocycles. The molecule has 0 fully saturated rings. The Balaban J connectivity index is 2.14. The van der Waals surface area contributed by atoms with E-state index in [4.69, 9.17) is 10.5 Å². The van der Waals surface area contributed by atoms with Gasteiger partial charge in [0, 0.05) is 16.8 Å². The number of amides is 1. The molecule has 0 unspecified atom stereocenters. The van der Waals surface area contributed by atoms with E-state index in [1.54, 1.807) is 24.3 Å². The standard InChI is InChI=1S/C15H13N3O/c16-9-11-5-7-13(8-6-11)18-15(19)14-4-2-1-3-12(14)10-17/h5-8H,1-4H2,(H,18,19). The van der Waals surface area contributed by atoms with E-state index in [1.165, 1.54) is 0 Å². The van der Waals surface area contributed by atoms with Crippen molar-refractivity contribution in [2.75, 3.05) is 5.32 Å². The molecule has 19 heavy (non-hydrogen) atoms. The van der Waals surface area contributed by atoms with Crippen molar-refractivity contribution < 1.29 is 4.79 Å². The number of benzene rings is 1. The number of rotatable bonds is 2. The SMILES string of the molecule is N#CC1=C(C(=O)Nc2ccc(C#N)cc2)CCCC1. The summed E-state index contributed by atoms with van der Waals surface area (Å²) in [5.74, 6) is -0.207. The molecule has 4 heteroatoms. The topological polar surface area (TPSA) is 76.7 Å². The maximum Gasteiger partial charge on any atom is 0.252 e. The smallest absolute Gasteiger partial charge is 0.252 e. The Morgan fingerprint density at radius 3 is 2.37 bits per heavy atom. The molecule has 1 N–H and O–H groups in total. The van der Waals surface area contributed by atoms with Gasteiger partial charge in [-0.2, -0.15) is 10.5 Å². The largest absolute Gasteiger partial charge is 0.322 e. The zero-order chi connectivity index (χ0) is 13.7. The predicted molar refractivity (Wildman–Crippen MR) is 70.9 cm³/mol. The fraction of sp³-hybridized carbons (Fsp3) is 0.267. The normalized spacial score (nSPS) is 14.4. The first-order valence-electron chi connectivity index (χ1n) is 6.18. The number of carbonyl (C=O) groups excluding carboxylic acids is 1. The molecule has 0 saturated heterocycles. The summed E-state index contributed by atoms with van der Waals surface area (Å²) < 4.78 is 0. The summed E-state index contributed by atoms with van der Waals surface area (Å²) in [6.07, 6.45) is 3.26. The van der Waals surface area contributed by atoms with E-state index < -0.39 is 0 Å². The monoisotopic (exact) mass is 251 g/mol. The van der Waals surface area contributed by atoms with E-state index >= 15 is 0 Å². The number of nitrogens with one attached hydrogen (secondary N) is 1. The second-order valence-corrected chi connectivity index (χ2v) is 4.42. The molecule has 0 saturated carbocycles. The first-order chi connectivity index (χ1) is 9.24. The number of hydrogen-bond acceptors (Lipinski definition) is 3. The molecule has 2 rings (SSSR count). The Hall–Kier alpha value is -2.59. The summed E-state index contributed by atoms with van der Waals surface area (Å²) in [5, 5.41) is 20.5. The number of allylic oxidation sites excluding steroid dienone is 1. The molecule has 0 heterocycles. The van der Waals surface area contributed by atoms with Crippen LogP contribution in [0.1, 0.15) is 31.2 Å². The van der Waals surface area contributed by atoms with Crippen molar-refractivity contribution in [1.82, 2.24) is 0 Å². The van der Waals surface area contributed by atoms with Crippen LogP contribution in [0, 0.1) is 22.7 Å². The van der Waals surface area contributed by atoms with E-state index in [2.05, 4.69) is 11.4 Å². The number of nitrogens with zero attached hydrogens (tertiary/aromatic N) is 2. The van der Waals surface area contributed by atoms with Gasteiger partial charge in [-0.1, -0.05) is 0 Å². The van der Waals surface area contributed by atoms with Crippen molar-refractivity contribution in [2.45, 2.75) is 25.7 Å². The second kappa shape index (κ2) is 5.84. The quantitative estimate of drug-likeness (QED) is 0.877. The average Bonchev–Trinajstić information content (AvgIpc) is 2.48. The van der Waals surface area contributed by atoms with E-state index in [0.29, 0.717) is 35.2 Å². The lowest BCUT2D eigenvalue weighted by Gasteiger charge is -2.15. The Kier molecular flexibility index (Phi) is 3.95. The zero-order valence-corrected chi connectivity index (χ0v) is 10.4. The van der Waals surface area contributed by atoms with Gasteiger partial charge in [0.25, 0.3) is 5.91 Å². The molecule has 1 aliphatic carbocycles. The minimum Gasteiger partial charge on any atom is -0.322 e. The van der Waals surface area contributed by atoms with Crippen molar-refractivity contribution in [3.63, 3.8) is 0 Å². The van der Waals surface area contributed by atoms with Crippen LogP contribution in [0.25, 0.3) is 0 Å².